The number of nitro groups is 1. The number of nitrogens with zero attached hydrogens (tertiary/aromatic N) is 2. The fourth-order valence-corrected chi connectivity index (χ4v) is 0.998. The van der Waals surface area contributed by atoms with Gasteiger partial charge in [-0.1, -0.05) is 0 Å². The lowest BCUT2D eigenvalue weighted by Gasteiger charge is -2.03. The third-order valence-electron chi connectivity index (χ3n) is 1.67. The van der Waals surface area contributed by atoms with E-state index < -0.39 is 4.92 Å². The van der Waals surface area contributed by atoms with Gasteiger partial charge in [0, 0.05) is 12.1 Å². The molecule has 0 unspecified atom stereocenters. The van der Waals surface area contributed by atoms with Crippen LogP contribution in [-0.2, 0) is 0 Å². The molecule has 0 aliphatic rings. The minimum absolute atomic E-state index is 0.0224. The Bertz CT molecular complexity index is 423. The number of benzene rings is 1. The fraction of sp³-hybridized carbons (Fsp3) is 0.125. The fourth-order valence-electron chi connectivity index (χ4n) is 0.998. The highest BCUT2D eigenvalue weighted by molar-refractivity contribution is 5.65. The molecule has 0 saturated carbocycles. The lowest BCUT2D eigenvalue weighted by molar-refractivity contribution is -0.383. The standard InChI is InChI=1S/C8H7N3O3/c1-14-8-3-6(10)7(11(12)13)2-5(8)4-9/h2-3H,10H2,1H3. The molecule has 0 spiro atoms. The van der Waals surface area contributed by atoms with Gasteiger partial charge in [-0.15, -0.1) is 0 Å². The van der Waals surface area contributed by atoms with Crippen LogP contribution in [0.3, 0.4) is 0 Å². The van der Waals surface area contributed by atoms with Crippen molar-refractivity contribution < 1.29 is 9.66 Å². The number of nitro benzene ring substituents is 1. The first-order valence-corrected chi connectivity index (χ1v) is 3.62. The zero-order valence-corrected chi connectivity index (χ0v) is 7.35. The SMILES string of the molecule is COc1cc(N)c([N+](=O)[O-])cc1C#N. The highest BCUT2D eigenvalue weighted by Crippen LogP contribution is 2.29. The van der Waals surface area contributed by atoms with E-state index in [1.807, 2.05) is 0 Å². The highest BCUT2D eigenvalue weighted by atomic mass is 16.6. The Morgan fingerprint density at radius 2 is 2.29 bits per heavy atom. The first kappa shape index (κ1) is 9.80. The second-order valence-electron chi connectivity index (χ2n) is 2.48. The quantitative estimate of drug-likeness (QED) is 0.429. The van der Waals surface area contributed by atoms with E-state index in [0.29, 0.717) is 0 Å². The minimum atomic E-state index is -0.643. The van der Waals surface area contributed by atoms with Gasteiger partial charge in [0.1, 0.15) is 23.1 Å². The van der Waals surface area contributed by atoms with Crippen LogP contribution >= 0.6 is 0 Å². The van der Waals surface area contributed by atoms with E-state index in [1.54, 1.807) is 6.07 Å². The van der Waals surface area contributed by atoms with Gasteiger partial charge in [-0.3, -0.25) is 10.1 Å². The predicted molar refractivity (Wildman–Crippen MR) is 48.8 cm³/mol. The second kappa shape index (κ2) is 3.62. The van der Waals surface area contributed by atoms with Crippen LogP contribution in [0.5, 0.6) is 5.75 Å². The van der Waals surface area contributed by atoms with E-state index in [9.17, 15) is 10.1 Å². The van der Waals surface area contributed by atoms with Crippen LogP contribution in [0.1, 0.15) is 5.56 Å². The van der Waals surface area contributed by atoms with Crippen LogP contribution in [0.25, 0.3) is 0 Å². The number of rotatable bonds is 2. The summed E-state index contributed by atoms with van der Waals surface area (Å²) in [6.45, 7) is 0. The number of hydrogen-bond acceptors (Lipinski definition) is 5. The summed E-state index contributed by atoms with van der Waals surface area (Å²) in [6.07, 6.45) is 0. The summed E-state index contributed by atoms with van der Waals surface area (Å²) < 4.78 is 4.83. The van der Waals surface area contributed by atoms with Gasteiger partial charge in [0.05, 0.1) is 12.0 Å². The van der Waals surface area contributed by atoms with Crippen molar-refractivity contribution in [1.82, 2.24) is 0 Å². The zero-order chi connectivity index (χ0) is 10.7. The molecular formula is C8H7N3O3. The molecule has 14 heavy (non-hydrogen) atoms. The average Bonchev–Trinajstić information content (AvgIpc) is 2.16. The molecule has 0 saturated heterocycles. The number of nitrogens with two attached hydrogens (primary N) is 1. The highest BCUT2D eigenvalue weighted by Gasteiger charge is 2.16. The average molecular weight is 193 g/mol. The van der Waals surface area contributed by atoms with Crippen molar-refractivity contribution in [3.8, 4) is 11.8 Å². The molecule has 0 heterocycles. The molecule has 0 fully saturated rings. The normalized spacial score (nSPS) is 9.14. The maximum Gasteiger partial charge on any atom is 0.293 e. The molecule has 0 bridgehead atoms. The molecule has 0 atom stereocenters. The van der Waals surface area contributed by atoms with E-state index in [2.05, 4.69) is 0 Å². The summed E-state index contributed by atoms with van der Waals surface area (Å²) in [4.78, 5) is 9.82. The van der Waals surface area contributed by atoms with Crippen molar-refractivity contribution in [2.75, 3.05) is 12.8 Å². The molecule has 0 radical (unpaired) electrons. The van der Waals surface area contributed by atoms with Crippen molar-refractivity contribution in [3.05, 3.63) is 27.8 Å². The van der Waals surface area contributed by atoms with Crippen LogP contribution in [0.4, 0.5) is 11.4 Å². The topological polar surface area (TPSA) is 102 Å². The van der Waals surface area contributed by atoms with Crippen molar-refractivity contribution in [2.24, 2.45) is 0 Å². The first-order valence-electron chi connectivity index (χ1n) is 3.62. The smallest absolute Gasteiger partial charge is 0.293 e. The summed E-state index contributed by atoms with van der Waals surface area (Å²) in [5, 5.41) is 19.1. The molecule has 0 aliphatic carbocycles. The van der Waals surface area contributed by atoms with Gasteiger partial charge in [-0.2, -0.15) is 5.26 Å². The van der Waals surface area contributed by atoms with Gasteiger partial charge in [0.25, 0.3) is 5.69 Å². The Morgan fingerprint density at radius 1 is 1.64 bits per heavy atom. The van der Waals surface area contributed by atoms with Crippen LogP contribution in [0.2, 0.25) is 0 Å². The lowest BCUT2D eigenvalue weighted by Crippen LogP contribution is -1.98. The van der Waals surface area contributed by atoms with E-state index in [-0.39, 0.29) is 22.7 Å². The summed E-state index contributed by atoms with van der Waals surface area (Å²) in [5.41, 5.74) is 5.17. The molecule has 0 aromatic heterocycles. The number of anilines is 1. The molecule has 1 aromatic carbocycles. The van der Waals surface area contributed by atoms with Gasteiger partial charge in [-0.05, 0) is 0 Å². The number of ether oxygens (including phenoxy) is 1. The zero-order valence-electron chi connectivity index (χ0n) is 7.35. The van der Waals surface area contributed by atoms with Crippen molar-refractivity contribution in [3.63, 3.8) is 0 Å². The molecule has 2 N–H and O–H groups in total. The number of hydrogen-bond donors (Lipinski definition) is 1. The first-order chi connectivity index (χ1) is 6.60. The molecule has 1 rings (SSSR count). The molecule has 72 valence electrons. The predicted octanol–water partition coefficient (Wildman–Crippen LogP) is 1.06. The van der Waals surface area contributed by atoms with Crippen molar-refractivity contribution in [2.45, 2.75) is 0 Å². The molecule has 6 nitrogen and oxygen atoms in total. The van der Waals surface area contributed by atoms with Crippen LogP contribution in [0, 0.1) is 21.4 Å². The molecule has 0 aliphatic heterocycles. The number of nitrogen functional groups attached to an aromatic ring is 1. The van der Waals surface area contributed by atoms with Crippen LogP contribution in [-0.4, -0.2) is 12.0 Å². The van der Waals surface area contributed by atoms with Crippen LogP contribution in [0.15, 0.2) is 12.1 Å². The third-order valence-corrected chi connectivity index (χ3v) is 1.67. The number of methoxy groups -OCH3 is 1. The maximum atomic E-state index is 10.5. The van der Waals surface area contributed by atoms with Crippen molar-refractivity contribution in [1.29, 1.82) is 5.26 Å². The Hall–Kier alpha value is -2.29. The third kappa shape index (κ3) is 1.56. The van der Waals surface area contributed by atoms with Crippen molar-refractivity contribution >= 4 is 11.4 Å². The summed E-state index contributed by atoms with van der Waals surface area (Å²) in [5.74, 6) is 0.232. The van der Waals surface area contributed by atoms with Gasteiger partial charge in [0.2, 0.25) is 0 Å². The largest absolute Gasteiger partial charge is 0.495 e. The van der Waals surface area contributed by atoms with E-state index in [4.69, 9.17) is 15.7 Å². The Kier molecular flexibility index (Phi) is 2.53. The van der Waals surface area contributed by atoms with E-state index in [1.165, 1.54) is 13.2 Å². The van der Waals surface area contributed by atoms with E-state index >= 15 is 0 Å². The minimum Gasteiger partial charge on any atom is -0.495 e. The summed E-state index contributed by atoms with van der Waals surface area (Å²) >= 11 is 0. The number of nitriles is 1. The van der Waals surface area contributed by atoms with Gasteiger partial charge in [-0.25, -0.2) is 0 Å². The Morgan fingerprint density at radius 3 is 2.71 bits per heavy atom. The Balaban J connectivity index is 3.40. The lowest BCUT2D eigenvalue weighted by atomic mass is 10.1. The van der Waals surface area contributed by atoms with Gasteiger partial charge in [0.15, 0.2) is 0 Å². The van der Waals surface area contributed by atoms with E-state index in [0.717, 1.165) is 6.07 Å². The van der Waals surface area contributed by atoms with Gasteiger partial charge < -0.3 is 10.5 Å². The van der Waals surface area contributed by atoms with Gasteiger partial charge >= 0.3 is 0 Å². The summed E-state index contributed by atoms with van der Waals surface area (Å²) in [7, 11) is 1.36. The molecule has 1 aromatic rings. The Labute approximate surface area is 79.7 Å². The molecule has 0 amide bonds. The molecule has 6 heteroatoms. The monoisotopic (exact) mass is 193 g/mol. The van der Waals surface area contributed by atoms with Crippen LogP contribution < -0.4 is 10.5 Å². The molecular weight excluding hydrogens is 186 g/mol. The summed E-state index contributed by atoms with van der Waals surface area (Å²) in [6, 6.07) is 4.14. The maximum absolute atomic E-state index is 10.5. The second-order valence-corrected chi connectivity index (χ2v) is 2.48.